The lowest BCUT2D eigenvalue weighted by molar-refractivity contribution is 0.581. The number of sulfonamides is 2. The number of nitrogens with one attached hydrogen (secondary N) is 1. The van der Waals surface area contributed by atoms with Crippen LogP contribution in [0.25, 0.3) is 0 Å². The van der Waals surface area contributed by atoms with Crippen molar-refractivity contribution in [1.82, 2.24) is 4.72 Å². The molecule has 2 aromatic carbocycles. The van der Waals surface area contributed by atoms with Gasteiger partial charge in [0.15, 0.2) is 0 Å². The zero-order valence-corrected chi connectivity index (χ0v) is 15.8. The molecule has 1 aliphatic rings. The van der Waals surface area contributed by atoms with Gasteiger partial charge < -0.3 is 0 Å². The van der Waals surface area contributed by atoms with Crippen LogP contribution in [0.3, 0.4) is 0 Å². The molecule has 0 unspecified atom stereocenters. The Morgan fingerprint density at radius 1 is 1.08 bits per heavy atom. The molecule has 2 aromatic rings. The van der Waals surface area contributed by atoms with Gasteiger partial charge in [-0.05, 0) is 47.9 Å². The third kappa shape index (κ3) is 3.98. The predicted molar refractivity (Wildman–Crippen MR) is 97.8 cm³/mol. The summed E-state index contributed by atoms with van der Waals surface area (Å²) in [5.41, 5.74) is 2.04. The Morgan fingerprint density at radius 2 is 1.76 bits per heavy atom. The molecule has 0 fully saturated rings. The summed E-state index contributed by atoms with van der Waals surface area (Å²) >= 11 is 5.81. The molecule has 0 bridgehead atoms. The minimum Gasteiger partial charge on any atom is -0.270 e. The summed E-state index contributed by atoms with van der Waals surface area (Å²) < 4.78 is 52.3. The van der Waals surface area contributed by atoms with Gasteiger partial charge in [0.1, 0.15) is 0 Å². The lowest BCUT2D eigenvalue weighted by atomic mass is 10.2. The highest BCUT2D eigenvalue weighted by Crippen LogP contribution is 2.31. The van der Waals surface area contributed by atoms with E-state index in [1.54, 1.807) is 30.3 Å². The van der Waals surface area contributed by atoms with Crippen LogP contribution in [0.4, 0.5) is 5.69 Å². The molecular formula is C16H17ClN2O4S2. The van der Waals surface area contributed by atoms with Crippen molar-refractivity contribution in [3.63, 3.8) is 0 Å². The molecule has 3 rings (SSSR count). The molecular weight excluding hydrogens is 384 g/mol. The summed E-state index contributed by atoms with van der Waals surface area (Å²) in [6.45, 7) is 0.474. The first-order valence-corrected chi connectivity index (χ1v) is 11.2. The Hall–Kier alpha value is -1.61. The standard InChI is InChI=1S/C16H17ClN2O4S2/c1-24(20,21)19-9-8-13-10-15(6-7-16(13)19)25(22,23)18-11-12-2-4-14(17)5-3-12/h2-7,10,18H,8-9,11H2,1H3. The van der Waals surface area contributed by atoms with Crippen molar-refractivity contribution in [3.05, 3.63) is 58.6 Å². The third-order valence-electron chi connectivity index (χ3n) is 3.99. The number of nitrogens with zero attached hydrogens (tertiary/aromatic N) is 1. The highest BCUT2D eigenvalue weighted by molar-refractivity contribution is 7.92. The lowest BCUT2D eigenvalue weighted by Gasteiger charge is -2.16. The molecule has 0 amide bonds. The molecule has 0 saturated heterocycles. The molecule has 1 N–H and O–H groups in total. The van der Waals surface area contributed by atoms with Crippen molar-refractivity contribution in [2.24, 2.45) is 0 Å². The molecule has 0 radical (unpaired) electrons. The zero-order valence-electron chi connectivity index (χ0n) is 13.4. The van der Waals surface area contributed by atoms with E-state index in [0.29, 0.717) is 29.2 Å². The van der Waals surface area contributed by atoms with E-state index in [2.05, 4.69) is 4.72 Å². The summed E-state index contributed by atoms with van der Waals surface area (Å²) in [6.07, 6.45) is 1.63. The van der Waals surface area contributed by atoms with Crippen LogP contribution in [-0.4, -0.2) is 29.6 Å². The maximum absolute atomic E-state index is 12.5. The summed E-state index contributed by atoms with van der Waals surface area (Å²) in [6, 6.07) is 11.4. The van der Waals surface area contributed by atoms with Crippen LogP contribution in [0.5, 0.6) is 0 Å². The first kappa shape index (κ1) is 18.2. The van der Waals surface area contributed by atoms with E-state index in [-0.39, 0.29) is 11.4 Å². The molecule has 9 heteroatoms. The smallest absolute Gasteiger partial charge is 0.240 e. The second-order valence-corrected chi connectivity index (χ2v) is 9.94. The largest absolute Gasteiger partial charge is 0.270 e. The Bertz CT molecular complexity index is 1000. The SMILES string of the molecule is CS(=O)(=O)N1CCc2cc(S(=O)(=O)NCc3ccc(Cl)cc3)ccc21. The fourth-order valence-corrected chi connectivity index (χ4v) is 4.88. The summed E-state index contributed by atoms with van der Waals surface area (Å²) in [5, 5.41) is 0.584. The van der Waals surface area contributed by atoms with E-state index >= 15 is 0 Å². The second kappa shape index (κ2) is 6.60. The van der Waals surface area contributed by atoms with Crippen molar-refractivity contribution in [2.75, 3.05) is 17.1 Å². The van der Waals surface area contributed by atoms with E-state index in [1.165, 1.54) is 16.4 Å². The molecule has 25 heavy (non-hydrogen) atoms. The van der Waals surface area contributed by atoms with Crippen LogP contribution in [0, 0.1) is 0 Å². The molecule has 0 saturated carbocycles. The van der Waals surface area contributed by atoms with Crippen LogP contribution in [0.2, 0.25) is 5.02 Å². The maximum atomic E-state index is 12.5. The third-order valence-corrected chi connectivity index (χ3v) is 6.82. The van der Waals surface area contributed by atoms with Crippen LogP contribution in [0.1, 0.15) is 11.1 Å². The van der Waals surface area contributed by atoms with Gasteiger partial charge in [-0.1, -0.05) is 23.7 Å². The number of hydrogen-bond acceptors (Lipinski definition) is 4. The molecule has 0 aromatic heterocycles. The van der Waals surface area contributed by atoms with Crippen LogP contribution in [-0.2, 0) is 33.0 Å². The van der Waals surface area contributed by atoms with Gasteiger partial charge in [-0.15, -0.1) is 0 Å². The Balaban J connectivity index is 1.81. The lowest BCUT2D eigenvalue weighted by Crippen LogP contribution is -2.27. The van der Waals surface area contributed by atoms with Crippen molar-refractivity contribution < 1.29 is 16.8 Å². The second-order valence-electron chi connectivity index (χ2n) is 5.83. The van der Waals surface area contributed by atoms with E-state index in [1.807, 2.05) is 0 Å². The maximum Gasteiger partial charge on any atom is 0.240 e. The van der Waals surface area contributed by atoms with E-state index in [4.69, 9.17) is 11.6 Å². The van der Waals surface area contributed by atoms with E-state index < -0.39 is 20.0 Å². The summed E-state index contributed by atoms with van der Waals surface area (Å²) in [5.74, 6) is 0. The van der Waals surface area contributed by atoms with Crippen molar-refractivity contribution in [3.8, 4) is 0 Å². The molecule has 134 valence electrons. The van der Waals surface area contributed by atoms with Crippen LogP contribution in [0.15, 0.2) is 47.4 Å². The first-order chi connectivity index (χ1) is 11.7. The zero-order chi connectivity index (χ0) is 18.2. The Kier molecular flexibility index (Phi) is 4.80. The summed E-state index contributed by atoms with van der Waals surface area (Å²) in [7, 11) is -7.05. The number of benzene rings is 2. The first-order valence-electron chi connectivity index (χ1n) is 7.51. The van der Waals surface area contributed by atoms with Gasteiger partial charge in [0.2, 0.25) is 20.0 Å². The highest BCUT2D eigenvalue weighted by atomic mass is 35.5. The molecule has 0 atom stereocenters. The van der Waals surface area contributed by atoms with Gasteiger partial charge in [-0.2, -0.15) is 0 Å². The quantitative estimate of drug-likeness (QED) is 0.833. The molecule has 1 aliphatic heterocycles. The highest BCUT2D eigenvalue weighted by Gasteiger charge is 2.27. The minimum atomic E-state index is -3.69. The number of hydrogen-bond donors (Lipinski definition) is 1. The Morgan fingerprint density at radius 3 is 2.40 bits per heavy atom. The summed E-state index contributed by atoms with van der Waals surface area (Å²) in [4.78, 5) is 0.121. The number of anilines is 1. The average Bonchev–Trinajstić information content (AvgIpc) is 2.97. The number of rotatable bonds is 5. The van der Waals surface area contributed by atoms with Gasteiger partial charge in [-0.3, -0.25) is 4.31 Å². The van der Waals surface area contributed by atoms with Crippen molar-refractivity contribution in [2.45, 2.75) is 17.9 Å². The Labute approximate surface area is 152 Å². The van der Waals surface area contributed by atoms with Crippen molar-refractivity contribution in [1.29, 1.82) is 0 Å². The fraction of sp³-hybridized carbons (Fsp3) is 0.250. The monoisotopic (exact) mass is 400 g/mol. The minimum absolute atomic E-state index is 0.121. The van der Waals surface area contributed by atoms with Crippen LogP contribution >= 0.6 is 11.6 Å². The number of halogens is 1. The fourth-order valence-electron chi connectivity index (χ4n) is 2.72. The van der Waals surface area contributed by atoms with Gasteiger partial charge >= 0.3 is 0 Å². The molecule has 0 aliphatic carbocycles. The normalized spacial score (nSPS) is 14.6. The van der Waals surface area contributed by atoms with E-state index in [9.17, 15) is 16.8 Å². The van der Waals surface area contributed by atoms with Gasteiger partial charge in [0, 0.05) is 18.1 Å². The molecule has 0 spiro atoms. The topological polar surface area (TPSA) is 83.6 Å². The van der Waals surface area contributed by atoms with Crippen LogP contribution < -0.4 is 9.03 Å². The predicted octanol–water partition coefficient (Wildman–Crippen LogP) is 2.14. The van der Waals surface area contributed by atoms with Crippen molar-refractivity contribution >= 4 is 37.3 Å². The van der Waals surface area contributed by atoms with Gasteiger partial charge in [0.05, 0.1) is 16.8 Å². The van der Waals surface area contributed by atoms with E-state index in [0.717, 1.165) is 11.8 Å². The molecule has 1 heterocycles. The average molecular weight is 401 g/mol. The van der Waals surface area contributed by atoms with Gasteiger partial charge in [-0.25, -0.2) is 21.6 Å². The van der Waals surface area contributed by atoms with Gasteiger partial charge in [0.25, 0.3) is 0 Å². The molecule has 6 nitrogen and oxygen atoms in total. The number of fused-ring (bicyclic) bond motifs is 1.